The average Bonchev–Trinajstić information content (AvgIpc) is 2.51. The van der Waals surface area contributed by atoms with Gasteiger partial charge in [-0.3, -0.25) is 0 Å². The Morgan fingerprint density at radius 2 is 0.950 bits per heavy atom. The molecule has 0 heteroatoms. The minimum atomic E-state index is 0.973. The average molecular weight is 277 g/mol. The van der Waals surface area contributed by atoms with E-state index < -0.39 is 0 Å². The van der Waals surface area contributed by atoms with Crippen molar-refractivity contribution in [3.8, 4) is 0 Å². The SMILES string of the molecule is CCCCCCCCC(C)CCCC.c1ccccc1. The van der Waals surface area contributed by atoms with E-state index >= 15 is 0 Å². The van der Waals surface area contributed by atoms with E-state index in [-0.39, 0.29) is 0 Å². The maximum Gasteiger partial charge on any atom is -0.0443 e. The van der Waals surface area contributed by atoms with Gasteiger partial charge in [0.2, 0.25) is 0 Å². The number of rotatable bonds is 10. The first-order valence-corrected chi connectivity index (χ1v) is 8.81. The predicted octanol–water partition coefficient (Wildman–Crippen LogP) is 7.25. The molecule has 0 aliphatic rings. The molecule has 0 heterocycles. The molecule has 0 bridgehead atoms. The Kier molecular flexibility index (Phi) is 15.6. The zero-order valence-corrected chi connectivity index (χ0v) is 14.1. The Morgan fingerprint density at radius 1 is 0.550 bits per heavy atom. The number of hydrogen-bond acceptors (Lipinski definition) is 0. The molecule has 1 unspecified atom stereocenters. The minimum absolute atomic E-state index is 0.973. The van der Waals surface area contributed by atoms with E-state index in [1.54, 1.807) is 0 Å². The summed E-state index contributed by atoms with van der Waals surface area (Å²) in [5.74, 6) is 0.973. The maximum atomic E-state index is 2.42. The summed E-state index contributed by atoms with van der Waals surface area (Å²) in [5, 5.41) is 0. The molecule has 0 aliphatic carbocycles. The highest BCUT2D eigenvalue weighted by Gasteiger charge is 2.00. The number of benzene rings is 1. The summed E-state index contributed by atoms with van der Waals surface area (Å²) in [7, 11) is 0. The minimum Gasteiger partial charge on any atom is -0.0654 e. The molecule has 0 nitrogen and oxygen atoms in total. The van der Waals surface area contributed by atoms with Gasteiger partial charge in [-0.15, -0.1) is 0 Å². The van der Waals surface area contributed by atoms with Crippen LogP contribution in [0.1, 0.15) is 85.0 Å². The summed E-state index contributed by atoms with van der Waals surface area (Å²) in [6.07, 6.45) is 14.4. The second kappa shape index (κ2) is 16.3. The van der Waals surface area contributed by atoms with Crippen molar-refractivity contribution in [2.75, 3.05) is 0 Å². The van der Waals surface area contributed by atoms with Gasteiger partial charge in [-0.05, 0) is 5.92 Å². The fourth-order valence-electron chi connectivity index (χ4n) is 2.35. The Morgan fingerprint density at radius 3 is 1.45 bits per heavy atom. The summed E-state index contributed by atoms with van der Waals surface area (Å²) in [4.78, 5) is 0. The van der Waals surface area contributed by atoms with Crippen LogP contribution >= 0.6 is 0 Å². The van der Waals surface area contributed by atoms with Crippen molar-refractivity contribution in [3.63, 3.8) is 0 Å². The van der Waals surface area contributed by atoms with Crippen molar-refractivity contribution in [2.45, 2.75) is 85.0 Å². The lowest BCUT2D eigenvalue weighted by Gasteiger charge is -2.09. The molecule has 1 rings (SSSR count). The molecule has 0 aromatic heterocycles. The van der Waals surface area contributed by atoms with Crippen LogP contribution in [0.15, 0.2) is 36.4 Å². The van der Waals surface area contributed by atoms with Crippen LogP contribution in [0.4, 0.5) is 0 Å². The molecule has 0 fully saturated rings. The summed E-state index contributed by atoms with van der Waals surface area (Å²) in [6, 6.07) is 12.0. The Labute approximate surface area is 128 Å². The van der Waals surface area contributed by atoms with E-state index in [9.17, 15) is 0 Å². The lowest BCUT2D eigenvalue weighted by atomic mass is 9.97. The fraction of sp³-hybridized carbons (Fsp3) is 0.700. The molecule has 1 aromatic carbocycles. The standard InChI is InChI=1S/C14H30.C6H6/c1-4-6-8-9-10-11-13-14(3)12-7-5-2;1-2-4-6-5-3-1/h14H,4-13H2,1-3H3;1-6H. The monoisotopic (exact) mass is 276 g/mol. The van der Waals surface area contributed by atoms with Crippen LogP contribution in [0.3, 0.4) is 0 Å². The normalized spacial score (nSPS) is 11.6. The summed E-state index contributed by atoms with van der Waals surface area (Å²) in [6.45, 7) is 6.99. The van der Waals surface area contributed by atoms with Crippen LogP contribution in [0.5, 0.6) is 0 Å². The Hall–Kier alpha value is -0.780. The molecular formula is C20H36. The van der Waals surface area contributed by atoms with Gasteiger partial charge in [0.1, 0.15) is 0 Å². The van der Waals surface area contributed by atoms with E-state index in [2.05, 4.69) is 20.8 Å². The first kappa shape index (κ1) is 19.2. The van der Waals surface area contributed by atoms with E-state index in [0.717, 1.165) is 5.92 Å². The van der Waals surface area contributed by atoms with Gasteiger partial charge in [-0.25, -0.2) is 0 Å². The summed E-state index contributed by atoms with van der Waals surface area (Å²) in [5.41, 5.74) is 0. The van der Waals surface area contributed by atoms with Gasteiger partial charge < -0.3 is 0 Å². The molecule has 0 spiro atoms. The molecule has 116 valence electrons. The van der Waals surface area contributed by atoms with Crippen LogP contribution in [-0.4, -0.2) is 0 Å². The third-order valence-corrected chi connectivity index (χ3v) is 3.77. The van der Waals surface area contributed by atoms with E-state index in [4.69, 9.17) is 0 Å². The molecule has 0 amide bonds. The third-order valence-electron chi connectivity index (χ3n) is 3.77. The van der Waals surface area contributed by atoms with E-state index in [1.807, 2.05) is 36.4 Å². The predicted molar refractivity (Wildman–Crippen MR) is 93.1 cm³/mol. The van der Waals surface area contributed by atoms with Crippen molar-refractivity contribution in [3.05, 3.63) is 36.4 Å². The summed E-state index contributed by atoms with van der Waals surface area (Å²) >= 11 is 0. The maximum absolute atomic E-state index is 2.42. The van der Waals surface area contributed by atoms with Gasteiger partial charge in [0, 0.05) is 0 Å². The van der Waals surface area contributed by atoms with Crippen molar-refractivity contribution in [1.82, 2.24) is 0 Å². The van der Waals surface area contributed by atoms with E-state index in [1.165, 1.54) is 64.2 Å². The van der Waals surface area contributed by atoms with Crippen LogP contribution in [-0.2, 0) is 0 Å². The van der Waals surface area contributed by atoms with Crippen molar-refractivity contribution < 1.29 is 0 Å². The highest BCUT2D eigenvalue weighted by molar-refractivity contribution is 4.99. The second-order valence-electron chi connectivity index (χ2n) is 5.96. The molecule has 1 aromatic rings. The highest BCUT2D eigenvalue weighted by atomic mass is 14.1. The Balaban J connectivity index is 0.000000493. The van der Waals surface area contributed by atoms with Crippen LogP contribution in [0, 0.1) is 5.92 Å². The molecule has 20 heavy (non-hydrogen) atoms. The Bertz CT molecular complexity index is 225. The first-order valence-electron chi connectivity index (χ1n) is 8.81. The zero-order chi connectivity index (χ0) is 14.9. The van der Waals surface area contributed by atoms with Gasteiger partial charge in [0.15, 0.2) is 0 Å². The lowest BCUT2D eigenvalue weighted by molar-refractivity contribution is 0.442. The second-order valence-corrected chi connectivity index (χ2v) is 5.96. The highest BCUT2D eigenvalue weighted by Crippen LogP contribution is 2.16. The van der Waals surface area contributed by atoms with E-state index in [0.29, 0.717) is 0 Å². The fourth-order valence-corrected chi connectivity index (χ4v) is 2.35. The zero-order valence-electron chi connectivity index (χ0n) is 14.1. The number of unbranched alkanes of at least 4 members (excludes halogenated alkanes) is 6. The van der Waals surface area contributed by atoms with Gasteiger partial charge in [0.05, 0.1) is 0 Å². The van der Waals surface area contributed by atoms with Gasteiger partial charge in [0.25, 0.3) is 0 Å². The van der Waals surface area contributed by atoms with Gasteiger partial charge in [-0.1, -0.05) is 121 Å². The van der Waals surface area contributed by atoms with Crippen molar-refractivity contribution in [2.24, 2.45) is 5.92 Å². The van der Waals surface area contributed by atoms with Crippen LogP contribution in [0.25, 0.3) is 0 Å². The first-order chi connectivity index (χ1) is 9.81. The number of hydrogen-bond donors (Lipinski definition) is 0. The van der Waals surface area contributed by atoms with Crippen LogP contribution in [0.2, 0.25) is 0 Å². The molecular weight excluding hydrogens is 240 g/mol. The van der Waals surface area contributed by atoms with Gasteiger partial charge >= 0.3 is 0 Å². The lowest BCUT2D eigenvalue weighted by Crippen LogP contribution is -1.94. The molecule has 0 N–H and O–H groups in total. The van der Waals surface area contributed by atoms with Crippen molar-refractivity contribution in [1.29, 1.82) is 0 Å². The topological polar surface area (TPSA) is 0 Å². The molecule has 0 radical (unpaired) electrons. The molecule has 0 aliphatic heterocycles. The summed E-state index contributed by atoms with van der Waals surface area (Å²) < 4.78 is 0. The van der Waals surface area contributed by atoms with Crippen molar-refractivity contribution >= 4 is 0 Å². The largest absolute Gasteiger partial charge is 0.0654 e. The third kappa shape index (κ3) is 15.3. The molecule has 0 saturated heterocycles. The van der Waals surface area contributed by atoms with Crippen LogP contribution < -0.4 is 0 Å². The van der Waals surface area contributed by atoms with Gasteiger partial charge in [-0.2, -0.15) is 0 Å². The smallest absolute Gasteiger partial charge is 0.0443 e. The quantitative estimate of drug-likeness (QED) is 0.395. The molecule has 1 atom stereocenters. The molecule has 0 saturated carbocycles.